The van der Waals surface area contributed by atoms with Crippen LogP contribution in [0.1, 0.15) is 33.1 Å². The molecule has 2 N–H and O–H groups in total. The van der Waals surface area contributed by atoms with E-state index in [4.69, 9.17) is 0 Å². The Morgan fingerprint density at radius 1 is 1.14 bits per heavy atom. The summed E-state index contributed by atoms with van der Waals surface area (Å²) < 4.78 is 0. The van der Waals surface area contributed by atoms with Gasteiger partial charge in [0.1, 0.15) is 0 Å². The number of benzene rings is 1. The molecule has 114 valence electrons. The maximum Gasteiger partial charge on any atom is 0.238 e. The molecule has 0 unspecified atom stereocenters. The third-order valence-corrected chi connectivity index (χ3v) is 3.78. The smallest absolute Gasteiger partial charge is 0.238 e. The molecule has 1 aromatic rings. The summed E-state index contributed by atoms with van der Waals surface area (Å²) >= 11 is 0. The van der Waals surface area contributed by atoms with Crippen LogP contribution in [0.4, 0.5) is 11.4 Å². The van der Waals surface area contributed by atoms with Gasteiger partial charge in [-0.1, -0.05) is 6.42 Å². The Labute approximate surface area is 125 Å². The van der Waals surface area contributed by atoms with Gasteiger partial charge in [-0.3, -0.25) is 14.5 Å². The summed E-state index contributed by atoms with van der Waals surface area (Å²) in [6, 6.07) is 7.62. The summed E-state index contributed by atoms with van der Waals surface area (Å²) in [7, 11) is 0. The van der Waals surface area contributed by atoms with Crippen LogP contribution in [0.3, 0.4) is 0 Å². The van der Waals surface area contributed by atoms with Crippen molar-refractivity contribution in [2.75, 3.05) is 23.7 Å². The third-order valence-electron chi connectivity index (χ3n) is 3.78. The van der Waals surface area contributed by atoms with Crippen molar-refractivity contribution in [3.63, 3.8) is 0 Å². The number of hydrogen-bond donors (Lipinski definition) is 2. The normalized spacial score (nSPS) is 19.0. The SMILES string of the molecule is CC(=O)Nc1ccc(NC(=O)CN2CCCC[C@H]2C)cc1. The molecular formula is C16H23N3O2. The number of carbonyl (C=O) groups is 2. The van der Waals surface area contributed by atoms with Crippen LogP contribution in [0.15, 0.2) is 24.3 Å². The van der Waals surface area contributed by atoms with Gasteiger partial charge in [-0.15, -0.1) is 0 Å². The number of amides is 2. The van der Waals surface area contributed by atoms with E-state index in [2.05, 4.69) is 22.5 Å². The van der Waals surface area contributed by atoms with Gasteiger partial charge >= 0.3 is 0 Å². The predicted molar refractivity (Wildman–Crippen MR) is 84.3 cm³/mol. The van der Waals surface area contributed by atoms with Crippen LogP contribution in [0.25, 0.3) is 0 Å². The summed E-state index contributed by atoms with van der Waals surface area (Å²) in [5.41, 5.74) is 1.48. The standard InChI is InChI=1S/C16H23N3O2/c1-12-5-3-4-10-19(12)11-16(21)18-15-8-6-14(7-9-15)17-13(2)20/h6-9,12H,3-5,10-11H2,1-2H3,(H,17,20)(H,18,21)/t12-/m1/s1. The zero-order valence-electron chi connectivity index (χ0n) is 12.7. The second-order valence-electron chi connectivity index (χ2n) is 5.62. The number of hydrogen-bond acceptors (Lipinski definition) is 3. The quantitative estimate of drug-likeness (QED) is 0.895. The Hall–Kier alpha value is -1.88. The van der Waals surface area contributed by atoms with Crippen LogP contribution in [0.5, 0.6) is 0 Å². The van der Waals surface area contributed by atoms with Crippen molar-refractivity contribution in [3.05, 3.63) is 24.3 Å². The van der Waals surface area contributed by atoms with E-state index >= 15 is 0 Å². The monoisotopic (exact) mass is 289 g/mol. The Morgan fingerprint density at radius 2 is 1.76 bits per heavy atom. The highest BCUT2D eigenvalue weighted by Crippen LogP contribution is 2.17. The lowest BCUT2D eigenvalue weighted by Crippen LogP contribution is -2.42. The summed E-state index contributed by atoms with van der Waals surface area (Å²) in [5.74, 6) is -0.0955. The Kier molecular flexibility index (Phi) is 5.33. The Morgan fingerprint density at radius 3 is 2.33 bits per heavy atom. The van der Waals surface area contributed by atoms with Gasteiger partial charge in [0.2, 0.25) is 11.8 Å². The molecule has 1 heterocycles. The number of anilines is 2. The minimum absolute atomic E-state index is 0.0102. The Balaban J connectivity index is 1.85. The highest BCUT2D eigenvalue weighted by molar-refractivity contribution is 5.93. The van der Waals surface area contributed by atoms with Crippen LogP contribution in [-0.4, -0.2) is 35.8 Å². The zero-order chi connectivity index (χ0) is 15.2. The lowest BCUT2D eigenvalue weighted by atomic mass is 10.0. The van der Waals surface area contributed by atoms with Crippen LogP contribution in [-0.2, 0) is 9.59 Å². The van der Waals surface area contributed by atoms with E-state index in [1.54, 1.807) is 24.3 Å². The van der Waals surface area contributed by atoms with E-state index in [1.165, 1.54) is 26.2 Å². The number of rotatable bonds is 4. The maximum absolute atomic E-state index is 12.1. The lowest BCUT2D eigenvalue weighted by Gasteiger charge is -2.32. The number of likely N-dealkylation sites (tertiary alicyclic amines) is 1. The first-order valence-electron chi connectivity index (χ1n) is 7.46. The van der Waals surface area contributed by atoms with Gasteiger partial charge in [-0.05, 0) is 50.6 Å². The molecule has 1 fully saturated rings. The van der Waals surface area contributed by atoms with Crippen molar-refractivity contribution in [3.8, 4) is 0 Å². The van der Waals surface area contributed by atoms with E-state index in [0.29, 0.717) is 12.6 Å². The average molecular weight is 289 g/mol. The minimum atomic E-state index is -0.106. The molecule has 0 bridgehead atoms. The van der Waals surface area contributed by atoms with Gasteiger partial charge in [-0.25, -0.2) is 0 Å². The molecule has 0 aliphatic carbocycles. The fraction of sp³-hybridized carbons (Fsp3) is 0.500. The van der Waals surface area contributed by atoms with Crippen molar-refractivity contribution in [1.82, 2.24) is 4.90 Å². The van der Waals surface area contributed by atoms with Gasteiger partial charge < -0.3 is 10.6 Å². The molecule has 1 aromatic carbocycles. The van der Waals surface area contributed by atoms with Gasteiger partial charge in [0.25, 0.3) is 0 Å². The minimum Gasteiger partial charge on any atom is -0.326 e. The summed E-state index contributed by atoms with van der Waals surface area (Å²) in [4.78, 5) is 25.2. The summed E-state index contributed by atoms with van der Waals surface area (Å²) in [5, 5.41) is 5.59. The molecule has 1 atom stereocenters. The molecule has 21 heavy (non-hydrogen) atoms. The highest BCUT2D eigenvalue weighted by atomic mass is 16.2. The molecule has 1 saturated heterocycles. The molecule has 0 saturated carbocycles. The number of carbonyl (C=O) groups excluding carboxylic acids is 2. The van der Waals surface area contributed by atoms with Crippen LogP contribution >= 0.6 is 0 Å². The first kappa shape index (κ1) is 15.5. The van der Waals surface area contributed by atoms with E-state index < -0.39 is 0 Å². The number of piperidine rings is 1. The topological polar surface area (TPSA) is 61.4 Å². The fourth-order valence-electron chi connectivity index (χ4n) is 2.62. The molecule has 5 nitrogen and oxygen atoms in total. The molecular weight excluding hydrogens is 266 g/mol. The van der Waals surface area contributed by atoms with E-state index in [9.17, 15) is 9.59 Å². The largest absolute Gasteiger partial charge is 0.326 e. The van der Waals surface area contributed by atoms with Crippen LogP contribution in [0, 0.1) is 0 Å². The van der Waals surface area contributed by atoms with Crippen molar-refractivity contribution in [2.24, 2.45) is 0 Å². The van der Waals surface area contributed by atoms with Crippen molar-refractivity contribution < 1.29 is 9.59 Å². The number of nitrogens with zero attached hydrogens (tertiary/aromatic N) is 1. The van der Waals surface area contributed by atoms with Gasteiger partial charge in [0.15, 0.2) is 0 Å². The van der Waals surface area contributed by atoms with Crippen LogP contribution in [0.2, 0.25) is 0 Å². The van der Waals surface area contributed by atoms with Crippen LogP contribution < -0.4 is 10.6 Å². The van der Waals surface area contributed by atoms with Crippen molar-refractivity contribution in [1.29, 1.82) is 0 Å². The summed E-state index contributed by atoms with van der Waals surface area (Å²) in [6.07, 6.45) is 3.59. The second-order valence-corrected chi connectivity index (χ2v) is 5.62. The van der Waals surface area contributed by atoms with Crippen molar-refractivity contribution in [2.45, 2.75) is 39.2 Å². The lowest BCUT2D eigenvalue weighted by molar-refractivity contribution is -0.118. The molecule has 1 aliphatic rings. The van der Waals surface area contributed by atoms with Gasteiger partial charge in [-0.2, -0.15) is 0 Å². The molecule has 2 rings (SSSR count). The maximum atomic E-state index is 12.1. The molecule has 2 amide bonds. The fourth-order valence-corrected chi connectivity index (χ4v) is 2.62. The molecule has 0 radical (unpaired) electrons. The van der Waals surface area contributed by atoms with E-state index in [-0.39, 0.29) is 11.8 Å². The van der Waals surface area contributed by atoms with E-state index in [1.807, 2.05) is 0 Å². The molecule has 1 aliphatic heterocycles. The zero-order valence-corrected chi connectivity index (χ0v) is 12.7. The van der Waals surface area contributed by atoms with Crippen molar-refractivity contribution >= 4 is 23.2 Å². The molecule has 5 heteroatoms. The molecule has 0 spiro atoms. The summed E-state index contributed by atoms with van der Waals surface area (Å²) in [6.45, 7) is 5.08. The first-order valence-corrected chi connectivity index (χ1v) is 7.46. The Bertz CT molecular complexity index is 499. The number of nitrogens with one attached hydrogen (secondary N) is 2. The molecule has 0 aromatic heterocycles. The van der Waals surface area contributed by atoms with E-state index in [0.717, 1.165) is 17.9 Å². The van der Waals surface area contributed by atoms with Gasteiger partial charge in [0, 0.05) is 24.3 Å². The highest BCUT2D eigenvalue weighted by Gasteiger charge is 2.20. The predicted octanol–water partition coefficient (Wildman–Crippen LogP) is 2.46. The second kappa shape index (κ2) is 7.22. The third kappa shape index (κ3) is 4.86. The average Bonchev–Trinajstić information content (AvgIpc) is 2.43. The first-order chi connectivity index (χ1) is 10.0. The van der Waals surface area contributed by atoms with Gasteiger partial charge in [0.05, 0.1) is 6.54 Å².